The molecule has 3 heteroatoms. The highest BCUT2D eigenvalue weighted by molar-refractivity contribution is 6.04. The molecule has 3 nitrogen and oxygen atoms in total. The summed E-state index contributed by atoms with van der Waals surface area (Å²) in [4.78, 5) is 0. The minimum atomic E-state index is 0.255. The highest BCUT2D eigenvalue weighted by atomic mass is 16.5. The van der Waals surface area contributed by atoms with Crippen LogP contribution in [0.25, 0.3) is 0 Å². The van der Waals surface area contributed by atoms with Gasteiger partial charge in [-0.3, -0.25) is 0 Å². The number of benzene rings is 1. The summed E-state index contributed by atoms with van der Waals surface area (Å²) < 4.78 is 5.85. The second-order valence-corrected chi connectivity index (χ2v) is 4.58. The summed E-state index contributed by atoms with van der Waals surface area (Å²) in [6.45, 7) is 4.25. The molecular weight excluding hydrogens is 214 g/mol. The quantitative estimate of drug-likeness (QED) is 0.640. The van der Waals surface area contributed by atoms with E-state index in [-0.39, 0.29) is 6.10 Å². The van der Waals surface area contributed by atoms with Crippen LogP contribution in [0.5, 0.6) is 5.75 Å². The first-order valence-electron chi connectivity index (χ1n) is 6.25. The van der Waals surface area contributed by atoms with E-state index in [1.54, 1.807) is 0 Å². The van der Waals surface area contributed by atoms with Crippen molar-refractivity contribution in [2.75, 3.05) is 0 Å². The van der Waals surface area contributed by atoms with Crippen molar-refractivity contribution in [3.05, 3.63) is 29.3 Å². The van der Waals surface area contributed by atoms with Crippen molar-refractivity contribution >= 4 is 5.71 Å². The maximum Gasteiger partial charge on any atom is 0.120 e. The van der Waals surface area contributed by atoms with E-state index in [2.05, 4.69) is 25.1 Å². The van der Waals surface area contributed by atoms with Crippen molar-refractivity contribution in [3.8, 4) is 5.75 Å². The summed E-state index contributed by atoms with van der Waals surface area (Å²) >= 11 is 0. The lowest BCUT2D eigenvalue weighted by Gasteiger charge is -2.14. The molecule has 17 heavy (non-hydrogen) atoms. The number of hydrogen-bond donors (Lipinski definition) is 1. The lowest BCUT2D eigenvalue weighted by atomic mass is 10.1. The van der Waals surface area contributed by atoms with Gasteiger partial charge in [-0.2, -0.15) is 0 Å². The van der Waals surface area contributed by atoms with Gasteiger partial charge in [-0.1, -0.05) is 18.5 Å². The van der Waals surface area contributed by atoms with E-state index in [0.29, 0.717) is 0 Å². The number of hydrogen-bond acceptors (Lipinski definition) is 3. The van der Waals surface area contributed by atoms with E-state index in [0.717, 1.165) is 42.7 Å². The molecule has 0 aliphatic heterocycles. The van der Waals surface area contributed by atoms with Gasteiger partial charge in [0.2, 0.25) is 0 Å². The van der Waals surface area contributed by atoms with Crippen LogP contribution < -0.4 is 4.74 Å². The molecule has 0 aromatic heterocycles. The number of nitrogens with zero attached hydrogens (tertiary/aromatic N) is 1. The molecule has 1 aliphatic carbocycles. The lowest BCUT2D eigenvalue weighted by Crippen LogP contribution is -2.11. The number of rotatable bonds is 4. The molecule has 0 radical (unpaired) electrons. The largest absolute Gasteiger partial charge is 0.491 e. The fourth-order valence-corrected chi connectivity index (χ4v) is 2.32. The van der Waals surface area contributed by atoms with Gasteiger partial charge in [-0.15, -0.1) is 0 Å². The highest BCUT2D eigenvalue weighted by Crippen LogP contribution is 2.27. The van der Waals surface area contributed by atoms with E-state index < -0.39 is 0 Å². The summed E-state index contributed by atoms with van der Waals surface area (Å²) in [6, 6.07) is 6.02. The van der Waals surface area contributed by atoms with Gasteiger partial charge >= 0.3 is 0 Å². The van der Waals surface area contributed by atoms with E-state index in [9.17, 15) is 0 Å². The Hall–Kier alpha value is -1.51. The van der Waals surface area contributed by atoms with Crippen LogP contribution in [0.1, 0.15) is 44.2 Å². The molecule has 0 spiro atoms. The van der Waals surface area contributed by atoms with Crippen LogP contribution in [0.15, 0.2) is 23.4 Å². The SMILES string of the molecule is CCCC(C)Oc1ccc2c(c1)CC/C2=N\O. The number of ether oxygens (including phenoxy) is 1. The van der Waals surface area contributed by atoms with Crippen LogP contribution in [-0.2, 0) is 6.42 Å². The van der Waals surface area contributed by atoms with Gasteiger partial charge < -0.3 is 9.94 Å². The van der Waals surface area contributed by atoms with Gasteiger partial charge in [0.15, 0.2) is 0 Å². The van der Waals surface area contributed by atoms with Gasteiger partial charge in [-0.25, -0.2) is 0 Å². The molecule has 1 aromatic rings. The maximum atomic E-state index is 8.85. The summed E-state index contributed by atoms with van der Waals surface area (Å²) in [7, 11) is 0. The van der Waals surface area contributed by atoms with Crippen LogP contribution in [0, 0.1) is 0 Å². The Morgan fingerprint density at radius 2 is 2.24 bits per heavy atom. The topological polar surface area (TPSA) is 41.8 Å². The third-order valence-corrected chi connectivity index (χ3v) is 3.17. The minimum absolute atomic E-state index is 0.255. The standard InChI is InChI=1S/C14H19NO2/c1-3-4-10(2)17-12-6-7-13-11(9-12)5-8-14(13)15-16/h6-7,9-10,16H,3-5,8H2,1-2H3/b15-14+. The Bertz CT molecular complexity index is 426. The van der Waals surface area contributed by atoms with Gasteiger partial charge in [0, 0.05) is 5.56 Å². The number of aryl methyl sites for hydroxylation is 1. The molecule has 0 heterocycles. The van der Waals surface area contributed by atoms with E-state index in [1.807, 2.05) is 12.1 Å². The first-order chi connectivity index (χ1) is 8.24. The van der Waals surface area contributed by atoms with Crippen molar-refractivity contribution in [1.82, 2.24) is 0 Å². The first kappa shape index (κ1) is 12.0. The zero-order valence-electron chi connectivity index (χ0n) is 10.4. The van der Waals surface area contributed by atoms with Crippen molar-refractivity contribution in [2.45, 2.75) is 45.6 Å². The second-order valence-electron chi connectivity index (χ2n) is 4.58. The fourth-order valence-electron chi connectivity index (χ4n) is 2.32. The Labute approximate surface area is 102 Å². The average Bonchev–Trinajstić information content (AvgIpc) is 2.71. The summed E-state index contributed by atoms with van der Waals surface area (Å²) in [5.41, 5.74) is 3.06. The third kappa shape index (κ3) is 2.60. The Balaban J connectivity index is 2.13. The van der Waals surface area contributed by atoms with Gasteiger partial charge in [-0.05, 0) is 49.9 Å². The van der Waals surface area contributed by atoms with E-state index >= 15 is 0 Å². The summed E-state index contributed by atoms with van der Waals surface area (Å²) in [5, 5.41) is 12.2. The Kier molecular flexibility index (Phi) is 3.67. The van der Waals surface area contributed by atoms with Crippen molar-refractivity contribution in [1.29, 1.82) is 0 Å². The van der Waals surface area contributed by atoms with E-state index in [4.69, 9.17) is 9.94 Å². The van der Waals surface area contributed by atoms with Gasteiger partial charge in [0.05, 0.1) is 11.8 Å². The second kappa shape index (κ2) is 5.21. The van der Waals surface area contributed by atoms with Crippen LogP contribution in [0.2, 0.25) is 0 Å². The predicted molar refractivity (Wildman–Crippen MR) is 68.1 cm³/mol. The van der Waals surface area contributed by atoms with Gasteiger partial charge in [0.1, 0.15) is 5.75 Å². The van der Waals surface area contributed by atoms with Crippen molar-refractivity contribution < 1.29 is 9.94 Å². The van der Waals surface area contributed by atoms with Crippen LogP contribution >= 0.6 is 0 Å². The van der Waals surface area contributed by atoms with Crippen LogP contribution in [-0.4, -0.2) is 17.0 Å². The normalized spacial score (nSPS) is 18.1. The number of oxime groups is 1. The van der Waals surface area contributed by atoms with Gasteiger partial charge in [0.25, 0.3) is 0 Å². The average molecular weight is 233 g/mol. The van der Waals surface area contributed by atoms with Crippen LogP contribution in [0.4, 0.5) is 0 Å². The van der Waals surface area contributed by atoms with E-state index in [1.165, 1.54) is 5.56 Å². The smallest absolute Gasteiger partial charge is 0.120 e. The molecular formula is C14H19NO2. The molecule has 1 atom stereocenters. The Morgan fingerprint density at radius 1 is 1.41 bits per heavy atom. The molecule has 1 unspecified atom stereocenters. The monoisotopic (exact) mass is 233 g/mol. The summed E-state index contributed by atoms with van der Waals surface area (Å²) in [6.07, 6.45) is 4.22. The molecule has 1 N–H and O–H groups in total. The fraction of sp³-hybridized carbons (Fsp3) is 0.500. The molecule has 1 aliphatic rings. The molecule has 0 saturated carbocycles. The molecule has 92 valence electrons. The molecule has 0 amide bonds. The lowest BCUT2D eigenvalue weighted by molar-refractivity contribution is 0.210. The highest BCUT2D eigenvalue weighted by Gasteiger charge is 2.18. The number of fused-ring (bicyclic) bond motifs is 1. The predicted octanol–water partition coefficient (Wildman–Crippen LogP) is 3.38. The maximum absolute atomic E-state index is 8.85. The minimum Gasteiger partial charge on any atom is -0.491 e. The zero-order chi connectivity index (χ0) is 12.3. The molecule has 1 aromatic carbocycles. The first-order valence-corrected chi connectivity index (χ1v) is 6.25. The molecule has 0 fully saturated rings. The Morgan fingerprint density at radius 3 is 2.94 bits per heavy atom. The van der Waals surface area contributed by atoms with Crippen molar-refractivity contribution in [3.63, 3.8) is 0 Å². The van der Waals surface area contributed by atoms with Crippen LogP contribution in [0.3, 0.4) is 0 Å². The summed E-state index contributed by atoms with van der Waals surface area (Å²) in [5.74, 6) is 0.920. The molecule has 2 rings (SSSR count). The third-order valence-electron chi connectivity index (χ3n) is 3.17. The zero-order valence-corrected chi connectivity index (χ0v) is 10.4. The molecule has 0 bridgehead atoms. The molecule has 0 saturated heterocycles. The van der Waals surface area contributed by atoms with Crippen molar-refractivity contribution in [2.24, 2.45) is 5.16 Å².